The molecule has 0 aliphatic heterocycles. The van der Waals surface area contributed by atoms with Crippen LogP contribution in [0, 0.1) is 0 Å². The van der Waals surface area contributed by atoms with Gasteiger partial charge in [-0.1, -0.05) is 6.92 Å². The number of thioether (sulfide) groups is 1. The average Bonchev–Trinajstić information content (AvgIpc) is 2.36. The molecule has 0 saturated heterocycles. The normalized spacial score (nSPS) is 12.0. The topological polar surface area (TPSA) is 56.5 Å². The molecule has 0 aliphatic rings. The van der Waals surface area contributed by atoms with Crippen LogP contribution in [0.4, 0.5) is 11.4 Å². The maximum atomic E-state index is 5.94. The van der Waals surface area contributed by atoms with E-state index >= 15 is 0 Å². The first-order chi connectivity index (χ1) is 8.12. The van der Waals surface area contributed by atoms with Crippen molar-refractivity contribution in [2.24, 2.45) is 0 Å². The van der Waals surface area contributed by atoms with Gasteiger partial charge < -0.3 is 20.5 Å². The van der Waals surface area contributed by atoms with Gasteiger partial charge in [0, 0.05) is 23.9 Å². The molecule has 5 heteroatoms. The molecule has 3 N–H and O–H groups in total. The zero-order valence-corrected chi connectivity index (χ0v) is 11.6. The molecule has 0 aliphatic carbocycles. The van der Waals surface area contributed by atoms with Gasteiger partial charge >= 0.3 is 0 Å². The zero-order valence-electron chi connectivity index (χ0n) is 10.7. The van der Waals surface area contributed by atoms with E-state index in [1.807, 2.05) is 17.8 Å². The van der Waals surface area contributed by atoms with Crippen LogP contribution in [0.3, 0.4) is 0 Å². The SMILES string of the molecule is COc1cc(N)c(NCC(C)SC)cc1OC. The zero-order chi connectivity index (χ0) is 12.8. The lowest BCUT2D eigenvalue weighted by Gasteiger charge is -2.15. The Labute approximate surface area is 107 Å². The minimum atomic E-state index is 0.530. The van der Waals surface area contributed by atoms with E-state index in [1.54, 1.807) is 20.3 Å². The summed E-state index contributed by atoms with van der Waals surface area (Å²) in [6.45, 7) is 3.02. The number of hydrogen-bond acceptors (Lipinski definition) is 5. The Morgan fingerprint density at radius 2 is 1.88 bits per heavy atom. The Balaban J connectivity index is 2.85. The quantitative estimate of drug-likeness (QED) is 0.766. The van der Waals surface area contributed by atoms with Crippen LogP contribution in [0.15, 0.2) is 12.1 Å². The number of rotatable bonds is 6. The van der Waals surface area contributed by atoms with Crippen LogP contribution in [0.1, 0.15) is 6.92 Å². The van der Waals surface area contributed by atoms with Gasteiger partial charge in [0.25, 0.3) is 0 Å². The fourth-order valence-corrected chi connectivity index (χ4v) is 1.63. The average molecular weight is 256 g/mol. The minimum Gasteiger partial charge on any atom is -0.493 e. The number of ether oxygens (including phenoxy) is 2. The largest absolute Gasteiger partial charge is 0.493 e. The highest BCUT2D eigenvalue weighted by Gasteiger charge is 2.09. The van der Waals surface area contributed by atoms with Gasteiger partial charge in [-0.3, -0.25) is 0 Å². The van der Waals surface area contributed by atoms with Crippen molar-refractivity contribution < 1.29 is 9.47 Å². The van der Waals surface area contributed by atoms with E-state index in [4.69, 9.17) is 15.2 Å². The summed E-state index contributed by atoms with van der Waals surface area (Å²) in [6, 6.07) is 3.63. The van der Waals surface area contributed by atoms with Crippen molar-refractivity contribution in [3.05, 3.63) is 12.1 Å². The maximum absolute atomic E-state index is 5.94. The summed E-state index contributed by atoms with van der Waals surface area (Å²) in [4.78, 5) is 0. The van der Waals surface area contributed by atoms with Gasteiger partial charge in [-0.25, -0.2) is 0 Å². The Morgan fingerprint density at radius 1 is 1.29 bits per heavy atom. The van der Waals surface area contributed by atoms with E-state index in [2.05, 4.69) is 18.5 Å². The van der Waals surface area contributed by atoms with Crippen LogP contribution in [0.2, 0.25) is 0 Å². The lowest BCUT2D eigenvalue weighted by atomic mass is 10.2. The first kappa shape index (κ1) is 13.8. The number of nitrogens with one attached hydrogen (secondary N) is 1. The molecule has 0 aromatic heterocycles. The summed E-state index contributed by atoms with van der Waals surface area (Å²) in [5.41, 5.74) is 7.48. The number of methoxy groups -OCH3 is 2. The molecule has 4 nitrogen and oxygen atoms in total. The second-order valence-electron chi connectivity index (χ2n) is 3.72. The Bertz CT molecular complexity index is 372. The summed E-state index contributed by atoms with van der Waals surface area (Å²) in [6.07, 6.45) is 2.09. The third-order valence-electron chi connectivity index (χ3n) is 2.54. The van der Waals surface area contributed by atoms with E-state index in [0.29, 0.717) is 22.4 Å². The standard InChI is InChI=1S/C12H20N2O2S/c1-8(17-4)7-14-10-6-12(16-3)11(15-2)5-9(10)13/h5-6,8,14H,7,13H2,1-4H3. The molecule has 1 aromatic carbocycles. The second kappa shape index (κ2) is 6.49. The highest BCUT2D eigenvalue weighted by molar-refractivity contribution is 7.99. The van der Waals surface area contributed by atoms with Crippen molar-refractivity contribution in [1.82, 2.24) is 0 Å². The lowest BCUT2D eigenvalue weighted by Crippen LogP contribution is -2.13. The molecule has 1 rings (SSSR count). The van der Waals surface area contributed by atoms with Gasteiger partial charge in [-0.2, -0.15) is 11.8 Å². The van der Waals surface area contributed by atoms with E-state index in [9.17, 15) is 0 Å². The molecule has 1 aromatic rings. The fourth-order valence-electron chi connectivity index (χ4n) is 1.38. The summed E-state index contributed by atoms with van der Waals surface area (Å²) < 4.78 is 10.4. The Morgan fingerprint density at radius 3 is 2.41 bits per heavy atom. The predicted molar refractivity (Wildman–Crippen MR) is 75.4 cm³/mol. The monoisotopic (exact) mass is 256 g/mol. The maximum Gasteiger partial charge on any atom is 0.162 e. The number of anilines is 2. The van der Waals surface area contributed by atoms with Crippen molar-refractivity contribution in [3.63, 3.8) is 0 Å². The molecular formula is C12H20N2O2S. The number of nitrogens with two attached hydrogens (primary N) is 1. The lowest BCUT2D eigenvalue weighted by molar-refractivity contribution is 0.355. The summed E-state index contributed by atoms with van der Waals surface area (Å²) >= 11 is 1.81. The Hall–Kier alpha value is -1.23. The van der Waals surface area contributed by atoms with Crippen LogP contribution in [0.25, 0.3) is 0 Å². The number of hydrogen-bond donors (Lipinski definition) is 2. The van der Waals surface area contributed by atoms with Crippen molar-refractivity contribution in [2.75, 3.05) is 38.1 Å². The van der Waals surface area contributed by atoms with E-state index < -0.39 is 0 Å². The second-order valence-corrected chi connectivity index (χ2v) is 5.00. The van der Waals surface area contributed by atoms with Gasteiger partial charge in [-0.05, 0) is 6.26 Å². The molecule has 0 spiro atoms. The molecule has 0 heterocycles. The van der Waals surface area contributed by atoms with Crippen LogP contribution < -0.4 is 20.5 Å². The summed E-state index contributed by atoms with van der Waals surface area (Å²) in [5, 5.41) is 3.84. The van der Waals surface area contributed by atoms with Gasteiger partial charge in [-0.15, -0.1) is 0 Å². The van der Waals surface area contributed by atoms with Crippen LogP contribution in [-0.4, -0.2) is 32.3 Å². The van der Waals surface area contributed by atoms with Gasteiger partial charge in [0.2, 0.25) is 0 Å². The third-order valence-corrected chi connectivity index (χ3v) is 3.51. The first-order valence-corrected chi connectivity index (χ1v) is 6.69. The molecule has 1 unspecified atom stereocenters. The predicted octanol–water partition coefficient (Wildman–Crippen LogP) is 2.45. The van der Waals surface area contributed by atoms with Gasteiger partial charge in [0.05, 0.1) is 25.6 Å². The van der Waals surface area contributed by atoms with Crippen LogP contribution in [0.5, 0.6) is 11.5 Å². The van der Waals surface area contributed by atoms with E-state index in [0.717, 1.165) is 12.2 Å². The van der Waals surface area contributed by atoms with E-state index in [-0.39, 0.29) is 0 Å². The minimum absolute atomic E-state index is 0.530. The molecule has 0 radical (unpaired) electrons. The summed E-state index contributed by atoms with van der Waals surface area (Å²) in [7, 11) is 3.21. The van der Waals surface area contributed by atoms with Crippen molar-refractivity contribution in [2.45, 2.75) is 12.2 Å². The molecule has 1 atom stereocenters. The highest BCUT2D eigenvalue weighted by atomic mass is 32.2. The number of nitrogen functional groups attached to an aromatic ring is 1. The first-order valence-electron chi connectivity index (χ1n) is 5.40. The highest BCUT2D eigenvalue weighted by Crippen LogP contribution is 2.34. The molecule has 17 heavy (non-hydrogen) atoms. The van der Waals surface area contributed by atoms with Crippen molar-refractivity contribution in [3.8, 4) is 11.5 Å². The van der Waals surface area contributed by atoms with E-state index in [1.165, 1.54) is 0 Å². The molecule has 0 fully saturated rings. The molecule has 96 valence electrons. The molecule has 0 saturated carbocycles. The van der Waals surface area contributed by atoms with Crippen molar-refractivity contribution in [1.29, 1.82) is 0 Å². The van der Waals surface area contributed by atoms with Crippen LogP contribution in [-0.2, 0) is 0 Å². The third kappa shape index (κ3) is 3.63. The van der Waals surface area contributed by atoms with Crippen LogP contribution >= 0.6 is 11.8 Å². The fraction of sp³-hybridized carbons (Fsp3) is 0.500. The Kier molecular flexibility index (Phi) is 5.28. The summed E-state index contributed by atoms with van der Waals surface area (Å²) in [5.74, 6) is 1.33. The molecular weight excluding hydrogens is 236 g/mol. The smallest absolute Gasteiger partial charge is 0.162 e. The van der Waals surface area contributed by atoms with Gasteiger partial charge in [0.15, 0.2) is 11.5 Å². The van der Waals surface area contributed by atoms with Crippen molar-refractivity contribution >= 4 is 23.1 Å². The molecule has 0 amide bonds. The number of benzene rings is 1. The molecule has 0 bridgehead atoms. The van der Waals surface area contributed by atoms with Gasteiger partial charge in [0.1, 0.15) is 0 Å².